The normalized spacial score (nSPS) is 12.5. The van der Waals surface area contributed by atoms with E-state index in [1.807, 2.05) is 18.2 Å². The van der Waals surface area contributed by atoms with E-state index >= 15 is 0 Å². The monoisotopic (exact) mass is 398 g/mol. The van der Waals surface area contributed by atoms with Crippen LogP contribution in [0.1, 0.15) is 28.0 Å². The second-order valence-corrected chi connectivity index (χ2v) is 6.72. The molecule has 3 aromatic rings. The van der Waals surface area contributed by atoms with Crippen molar-refractivity contribution in [2.45, 2.75) is 19.3 Å². The van der Waals surface area contributed by atoms with Gasteiger partial charge in [-0.15, -0.1) is 0 Å². The Kier molecular flexibility index (Phi) is 4.84. The highest BCUT2D eigenvalue weighted by atomic mass is 19.1. The predicted molar refractivity (Wildman–Crippen MR) is 102 cm³/mol. The van der Waals surface area contributed by atoms with Gasteiger partial charge in [-0.25, -0.2) is 18.9 Å². The van der Waals surface area contributed by atoms with Gasteiger partial charge in [0.05, 0.1) is 19.0 Å². The number of aryl methyl sites for hydroxylation is 1. The van der Waals surface area contributed by atoms with Crippen LogP contribution in [0.3, 0.4) is 0 Å². The third-order valence-corrected chi connectivity index (χ3v) is 4.98. The summed E-state index contributed by atoms with van der Waals surface area (Å²) in [7, 11) is 1.59. The van der Waals surface area contributed by atoms with E-state index in [1.165, 1.54) is 6.20 Å². The lowest BCUT2D eigenvalue weighted by atomic mass is 10.0. The number of aromatic nitrogens is 2. The highest BCUT2D eigenvalue weighted by Gasteiger charge is 2.27. The first-order valence-corrected chi connectivity index (χ1v) is 9.09. The van der Waals surface area contributed by atoms with Crippen molar-refractivity contribution in [1.82, 2.24) is 4.98 Å². The van der Waals surface area contributed by atoms with E-state index in [0.717, 1.165) is 47.9 Å². The van der Waals surface area contributed by atoms with Gasteiger partial charge < -0.3 is 9.72 Å². The summed E-state index contributed by atoms with van der Waals surface area (Å²) < 4.78 is 33.6. The molecule has 0 spiro atoms. The Labute approximate surface area is 164 Å². The second-order valence-electron chi connectivity index (χ2n) is 6.72. The lowest BCUT2D eigenvalue weighted by molar-refractivity contribution is -0.488. The van der Waals surface area contributed by atoms with Crippen LogP contribution in [0, 0.1) is 16.5 Å². The van der Waals surface area contributed by atoms with Gasteiger partial charge in [0, 0.05) is 16.4 Å². The van der Waals surface area contributed by atoms with Gasteiger partial charge in [0.25, 0.3) is 0 Å². The molecular weight excluding hydrogens is 380 g/mol. The summed E-state index contributed by atoms with van der Waals surface area (Å²) in [6.07, 6.45) is 3.28. The minimum atomic E-state index is -1.03. The number of carbonyl (C=O) groups is 1. The lowest BCUT2D eigenvalue weighted by Crippen LogP contribution is -2.30. The first kappa shape index (κ1) is 18.8. The highest BCUT2D eigenvalue weighted by Crippen LogP contribution is 2.32. The van der Waals surface area contributed by atoms with Crippen LogP contribution in [-0.2, 0) is 12.8 Å². The quantitative estimate of drug-likeness (QED) is 0.662. The molecule has 8 heteroatoms. The van der Waals surface area contributed by atoms with Crippen molar-refractivity contribution in [1.29, 1.82) is 0 Å². The Morgan fingerprint density at radius 3 is 2.66 bits per heavy atom. The Morgan fingerprint density at radius 2 is 1.93 bits per heavy atom. The molecule has 6 nitrogen and oxygen atoms in total. The molecule has 0 radical (unpaired) electrons. The van der Waals surface area contributed by atoms with Gasteiger partial charge in [0.2, 0.25) is 0 Å². The van der Waals surface area contributed by atoms with Crippen LogP contribution in [0.15, 0.2) is 42.6 Å². The molecule has 0 fully saturated rings. The van der Waals surface area contributed by atoms with E-state index in [-0.39, 0.29) is 5.82 Å². The molecule has 0 atom stereocenters. The molecular formula is C21H18F2N3O3+. The number of methoxy groups -OCH3 is 1. The van der Waals surface area contributed by atoms with E-state index in [0.29, 0.717) is 22.2 Å². The molecule has 1 aliphatic carbocycles. The molecule has 0 unspecified atom stereocenters. The number of aromatic amines is 1. The molecule has 1 amide bonds. The summed E-state index contributed by atoms with van der Waals surface area (Å²) in [4.78, 5) is 28.3. The smallest absolute Gasteiger partial charge is 0.345 e. The molecule has 0 aliphatic heterocycles. The van der Waals surface area contributed by atoms with Crippen LogP contribution < -0.4 is 14.5 Å². The number of ether oxygens (including phenoxy) is 1. The predicted octanol–water partition coefficient (Wildman–Crippen LogP) is 3.62. The first-order valence-electron chi connectivity index (χ1n) is 9.09. The maximum absolute atomic E-state index is 13.9. The number of hydrogen-bond donors (Lipinski definition) is 2. The highest BCUT2D eigenvalue weighted by molar-refractivity contribution is 6.03. The van der Waals surface area contributed by atoms with E-state index < -0.39 is 23.1 Å². The van der Waals surface area contributed by atoms with Crippen molar-refractivity contribution in [3.63, 3.8) is 0 Å². The number of nitrogens with zero attached hydrogens (tertiary/aromatic N) is 1. The summed E-state index contributed by atoms with van der Waals surface area (Å²) >= 11 is 0. The number of carbonyl (C=O) groups excluding carboxylic acids is 1. The van der Waals surface area contributed by atoms with E-state index in [2.05, 4.69) is 10.3 Å². The van der Waals surface area contributed by atoms with Crippen molar-refractivity contribution in [3.8, 4) is 17.0 Å². The summed E-state index contributed by atoms with van der Waals surface area (Å²) in [5, 5.41) is 2.30. The van der Waals surface area contributed by atoms with Crippen LogP contribution in [-0.4, -0.2) is 18.0 Å². The van der Waals surface area contributed by atoms with Crippen LogP contribution in [0.25, 0.3) is 11.3 Å². The summed E-state index contributed by atoms with van der Waals surface area (Å²) in [5.74, 6) is -2.42. The van der Waals surface area contributed by atoms with Crippen molar-refractivity contribution < 1.29 is 22.7 Å². The average Bonchev–Trinajstić information content (AvgIpc) is 2.89. The Morgan fingerprint density at radius 1 is 1.17 bits per heavy atom. The fraction of sp³-hybridized carbons (Fsp3) is 0.190. The van der Waals surface area contributed by atoms with Gasteiger partial charge in [-0.3, -0.25) is 0 Å². The van der Waals surface area contributed by atoms with Gasteiger partial charge in [0.15, 0.2) is 5.69 Å². The maximum Gasteiger partial charge on any atom is 0.345 e. The Hall–Kier alpha value is -3.55. The van der Waals surface area contributed by atoms with Gasteiger partial charge in [-0.2, -0.15) is 0 Å². The molecule has 2 N–H and O–H groups in total. The molecule has 0 bridgehead atoms. The van der Waals surface area contributed by atoms with E-state index in [4.69, 9.17) is 4.74 Å². The van der Waals surface area contributed by atoms with Crippen molar-refractivity contribution in [2.75, 3.05) is 12.4 Å². The summed E-state index contributed by atoms with van der Waals surface area (Å²) in [6, 6.07) is 8.76. The average molecular weight is 398 g/mol. The topological polar surface area (TPSA) is 77.1 Å². The number of fused-ring (bicyclic) bond motifs is 3. The third kappa shape index (κ3) is 3.37. The maximum atomic E-state index is 13.9. The zero-order valence-corrected chi connectivity index (χ0v) is 15.6. The van der Waals surface area contributed by atoms with Gasteiger partial charge in [-0.1, -0.05) is 11.0 Å². The van der Waals surface area contributed by atoms with Crippen LogP contribution in [0.4, 0.5) is 14.6 Å². The van der Waals surface area contributed by atoms with Crippen LogP contribution in [0.5, 0.6) is 5.75 Å². The lowest BCUT2D eigenvalue weighted by Gasteiger charge is -2.09. The van der Waals surface area contributed by atoms with Crippen molar-refractivity contribution >= 4 is 11.7 Å². The fourth-order valence-electron chi connectivity index (χ4n) is 3.56. The second kappa shape index (κ2) is 7.46. The van der Waals surface area contributed by atoms with Gasteiger partial charge >= 0.3 is 11.7 Å². The van der Waals surface area contributed by atoms with E-state index in [1.54, 1.807) is 7.11 Å². The molecule has 29 heavy (non-hydrogen) atoms. The van der Waals surface area contributed by atoms with Crippen LogP contribution in [0.2, 0.25) is 0 Å². The minimum Gasteiger partial charge on any atom is -0.497 e. The number of H-pyrrole nitrogens is 1. The zero-order chi connectivity index (χ0) is 20.5. The molecule has 1 heterocycles. The molecule has 0 saturated heterocycles. The standard InChI is InChI=1S/C21H17F2N3O3/c1-29-13-8-9-14-12(10-13)4-2-7-17-20(14)24-11-18(26(17)28)25-21(27)19-15(22)5-3-6-16(19)23/h3,5-6,8-11H,2,4,7H2,1H3,(H-,24,25,27,28)/p+1. The number of halogens is 2. The number of benzene rings is 2. The van der Waals surface area contributed by atoms with Gasteiger partial charge in [-0.05, 0) is 48.7 Å². The third-order valence-electron chi connectivity index (χ3n) is 4.98. The number of anilines is 1. The number of hydrogen-bond acceptors (Lipinski definition) is 3. The zero-order valence-electron chi connectivity index (χ0n) is 15.6. The van der Waals surface area contributed by atoms with Crippen molar-refractivity contribution in [3.05, 3.63) is 76.0 Å². The summed E-state index contributed by atoms with van der Waals surface area (Å²) in [5.41, 5.74) is 2.27. The Bertz CT molecular complexity index is 1150. The number of nitrogens with one attached hydrogen (secondary N) is 2. The molecule has 2 aromatic carbocycles. The Balaban J connectivity index is 1.73. The van der Waals surface area contributed by atoms with Crippen LogP contribution >= 0.6 is 0 Å². The number of rotatable bonds is 3. The van der Waals surface area contributed by atoms with E-state index in [9.17, 15) is 18.5 Å². The molecule has 0 saturated carbocycles. The molecule has 1 aromatic heterocycles. The van der Waals surface area contributed by atoms with Crippen molar-refractivity contribution in [2.24, 2.45) is 0 Å². The SMILES string of the molecule is COc1ccc2c(c1)CCCc1c-2[nH]cc(NC(=O)c2c(F)cccc2F)[n+]1=O. The first-order chi connectivity index (χ1) is 14.0. The largest absolute Gasteiger partial charge is 0.497 e. The number of amides is 1. The van der Waals surface area contributed by atoms with Gasteiger partial charge in [0.1, 0.15) is 22.9 Å². The fourth-order valence-corrected chi connectivity index (χ4v) is 3.56. The minimum absolute atomic E-state index is 0.131. The molecule has 1 aliphatic rings. The summed E-state index contributed by atoms with van der Waals surface area (Å²) in [6.45, 7) is 0. The molecule has 4 rings (SSSR count). The molecule has 148 valence electrons.